The second-order valence-corrected chi connectivity index (χ2v) is 11.6. The second-order valence-electron chi connectivity index (χ2n) is 8.93. The van der Waals surface area contributed by atoms with Crippen LogP contribution in [0.25, 0.3) is 5.00 Å². The molecule has 0 saturated carbocycles. The van der Waals surface area contributed by atoms with E-state index in [4.69, 9.17) is 9.65 Å². The Morgan fingerprint density at radius 1 is 0.923 bits per heavy atom. The van der Waals surface area contributed by atoms with Crippen molar-refractivity contribution in [2.24, 2.45) is 5.10 Å². The zero-order chi connectivity index (χ0) is 27.6. The molecule has 0 spiro atoms. The van der Waals surface area contributed by atoms with Crippen molar-refractivity contribution in [3.8, 4) is 5.00 Å². The maximum absolute atomic E-state index is 10.6. The normalized spacial score (nSPS) is 12.5. The number of nitrogens with zero attached hydrogens (tertiary/aromatic N) is 6. The number of thiophene rings is 1. The molecule has 11 heteroatoms. The molecule has 9 nitrogen and oxygen atoms in total. The summed E-state index contributed by atoms with van der Waals surface area (Å²) in [5.74, 6) is 1.56. The molecule has 198 valence electrons. The zero-order valence-electron chi connectivity index (χ0n) is 21.6. The molecule has 1 aliphatic heterocycles. The lowest BCUT2D eigenvalue weighted by atomic mass is 10.0. The van der Waals surface area contributed by atoms with E-state index in [-0.39, 0.29) is 4.90 Å². The molecule has 4 heterocycles. The van der Waals surface area contributed by atoms with Gasteiger partial charge in [0.2, 0.25) is 0 Å². The summed E-state index contributed by atoms with van der Waals surface area (Å²) >= 11 is 1.73. The first-order valence-corrected chi connectivity index (χ1v) is 14.3. The Hall–Kier alpha value is -4.19. The second kappa shape index (κ2) is 10.9. The molecule has 2 aromatic carbocycles. The van der Waals surface area contributed by atoms with Crippen LogP contribution in [0, 0.1) is 20.8 Å². The van der Waals surface area contributed by atoms with Crippen LogP contribution >= 0.6 is 11.3 Å². The van der Waals surface area contributed by atoms with Gasteiger partial charge in [0.1, 0.15) is 16.5 Å². The third-order valence-electron chi connectivity index (χ3n) is 6.03. The van der Waals surface area contributed by atoms with Crippen LogP contribution in [0.15, 0.2) is 95.2 Å². The maximum atomic E-state index is 10.6. The van der Waals surface area contributed by atoms with Crippen LogP contribution in [0.2, 0.25) is 0 Å². The topological polar surface area (TPSA) is 114 Å². The van der Waals surface area contributed by atoms with Crippen molar-refractivity contribution in [2.45, 2.75) is 32.2 Å². The highest BCUT2D eigenvalue weighted by atomic mass is 32.2. The predicted molar refractivity (Wildman–Crippen MR) is 152 cm³/mol. The van der Waals surface area contributed by atoms with Gasteiger partial charge in [-0.05, 0) is 50.1 Å². The summed E-state index contributed by atoms with van der Waals surface area (Å²) in [6.45, 7) is 6.29. The number of hydrogen-bond acceptors (Lipinski definition) is 8. The number of rotatable bonds is 4. The summed E-state index contributed by atoms with van der Waals surface area (Å²) in [6.07, 6.45) is 3.63. The summed E-state index contributed by atoms with van der Waals surface area (Å²) in [4.78, 5) is 5.44. The van der Waals surface area contributed by atoms with Crippen molar-refractivity contribution < 1.29 is 13.0 Å². The summed E-state index contributed by atoms with van der Waals surface area (Å²) in [7, 11) is -4.03. The Labute approximate surface area is 230 Å². The summed E-state index contributed by atoms with van der Waals surface area (Å²) in [5, 5.41) is 16.9. The van der Waals surface area contributed by atoms with Crippen LogP contribution in [-0.2, 0) is 16.7 Å². The van der Waals surface area contributed by atoms with Crippen molar-refractivity contribution >= 4 is 33.1 Å². The highest BCUT2D eigenvalue weighted by Gasteiger charge is 2.28. The van der Waals surface area contributed by atoms with Crippen molar-refractivity contribution in [3.63, 3.8) is 0 Å². The molecule has 0 saturated heterocycles. The average molecular weight is 559 g/mol. The monoisotopic (exact) mass is 558 g/mol. The molecule has 0 atom stereocenters. The fourth-order valence-corrected chi connectivity index (χ4v) is 6.02. The molecule has 0 amide bonds. The van der Waals surface area contributed by atoms with Crippen LogP contribution in [0.3, 0.4) is 0 Å². The molecule has 0 aliphatic carbocycles. The minimum Gasteiger partial charge on any atom is -0.282 e. The Kier molecular flexibility index (Phi) is 7.38. The van der Waals surface area contributed by atoms with Gasteiger partial charge in [0, 0.05) is 28.4 Å². The van der Waals surface area contributed by atoms with E-state index in [0.717, 1.165) is 39.2 Å². The van der Waals surface area contributed by atoms with Crippen LogP contribution < -0.4 is 5.01 Å². The Morgan fingerprint density at radius 3 is 2.33 bits per heavy atom. The highest BCUT2D eigenvalue weighted by molar-refractivity contribution is 7.85. The number of aromatic nitrogens is 4. The first-order valence-electron chi connectivity index (χ1n) is 12.1. The Morgan fingerprint density at radius 2 is 1.67 bits per heavy atom. The molecule has 0 radical (unpaired) electrons. The number of benzene rings is 2. The van der Waals surface area contributed by atoms with Gasteiger partial charge in [-0.25, -0.2) is 5.01 Å². The Balaban J connectivity index is 0.000000237. The van der Waals surface area contributed by atoms with E-state index >= 15 is 0 Å². The number of fused-ring (bicyclic) bond motifs is 3. The molecule has 6 rings (SSSR count). The number of aryl methyl sites for hydroxylation is 3. The zero-order valence-corrected chi connectivity index (χ0v) is 23.2. The predicted octanol–water partition coefficient (Wildman–Crippen LogP) is 5.35. The molecule has 5 aromatic rings. The van der Waals surface area contributed by atoms with Gasteiger partial charge < -0.3 is 0 Å². The maximum Gasteiger partial charge on any atom is 0.294 e. The molecule has 0 fully saturated rings. The van der Waals surface area contributed by atoms with Crippen LogP contribution in [0.4, 0.5) is 5.95 Å². The van der Waals surface area contributed by atoms with Gasteiger partial charge in [0.15, 0.2) is 0 Å². The highest BCUT2D eigenvalue weighted by Crippen LogP contribution is 2.35. The molecular weight excluding hydrogens is 532 g/mol. The van der Waals surface area contributed by atoms with Crippen molar-refractivity contribution in [3.05, 3.63) is 118 Å². The number of hydrazone groups is 1. The van der Waals surface area contributed by atoms with E-state index in [1.807, 2.05) is 48.5 Å². The molecule has 3 aromatic heterocycles. The van der Waals surface area contributed by atoms with E-state index in [1.54, 1.807) is 42.7 Å². The van der Waals surface area contributed by atoms with Gasteiger partial charge >= 0.3 is 0 Å². The van der Waals surface area contributed by atoms with Crippen LogP contribution in [-0.4, -0.2) is 38.4 Å². The van der Waals surface area contributed by atoms with Crippen molar-refractivity contribution in [1.82, 2.24) is 19.7 Å². The molecule has 0 bridgehead atoms. The van der Waals surface area contributed by atoms with E-state index in [9.17, 15) is 8.42 Å². The van der Waals surface area contributed by atoms with E-state index in [1.165, 1.54) is 10.9 Å². The van der Waals surface area contributed by atoms with Gasteiger partial charge in [-0.3, -0.25) is 14.1 Å². The third kappa shape index (κ3) is 5.65. The number of pyridine rings is 1. The van der Waals surface area contributed by atoms with Crippen molar-refractivity contribution in [1.29, 1.82) is 0 Å². The lowest BCUT2D eigenvalue weighted by Gasteiger charge is -2.17. The minimum atomic E-state index is -4.03. The summed E-state index contributed by atoms with van der Waals surface area (Å²) in [6, 6.07) is 22.7. The van der Waals surface area contributed by atoms with Gasteiger partial charge in [-0.2, -0.15) is 13.5 Å². The fraction of sp³-hybridized carbons (Fsp3) is 0.143. The summed E-state index contributed by atoms with van der Waals surface area (Å²) in [5.41, 5.74) is 4.73. The lowest BCUT2D eigenvalue weighted by Crippen LogP contribution is -2.20. The quantitative estimate of drug-likeness (QED) is 0.296. The van der Waals surface area contributed by atoms with E-state index in [2.05, 4.69) is 44.9 Å². The molecule has 1 N–H and O–H groups in total. The summed E-state index contributed by atoms with van der Waals surface area (Å²) < 4.78 is 32.0. The van der Waals surface area contributed by atoms with Crippen LogP contribution in [0.5, 0.6) is 0 Å². The van der Waals surface area contributed by atoms with Gasteiger partial charge in [-0.1, -0.05) is 54.6 Å². The van der Waals surface area contributed by atoms with Crippen LogP contribution in [0.1, 0.15) is 33.0 Å². The first kappa shape index (κ1) is 26.4. The number of anilines is 1. The molecule has 0 unspecified atom stereocenters. The van der Waals surface area contributed by atoms with Gasteiger partial charge in [0.25, 0.3) is 16.1 Å². The average Bonchev–Trinajstić information content (AvgIpc) is 3.46. The van der Waals surface area contributed by atoms with Gasteiger partial charge in [0.05, 0.1) is 11.4 Å². The van der Waals surface area contributed by atoms with Gasteiger partial charge in [-0.15, -0.1) is 21.5 Å². The smallest absolute Gasteiger partial charge is 0.282 e. The fourth-order valence-electron chi connectivity index (χ4n) is 4.24. The third-order valence-corrected chi connectivity index (χ3v) is 8.08. The van der Waals surface area contributed by atoms with Crippen molar-refractivity contribution in [2.75, 3.05) is 5.01 Å². The largest absolute Gasteiger partial charge is 0.294 e. The standard InChI is InChI=1S/C21H18N6S.C7H8O3S/c1-14-11-18-19(17-8-4-3-5-9-17)25-26(13-16-7-6-10-22-12-16)21-24-23-15(2)27(21)20(18)28-14;1-6-4-2-3-5-7(6)11(8,9)10/h3-12H,13H2,1-2H3;2-5H,1H3,(H,8,9,10). The molecular formula is C28H26N6O3S2. The lowest BCUT2D eigenvalue weighted by molar-refractivity contribution is 0.482. The molecule has 1 aliphatic rings. The minimum absolute atomic E-state index is 0.0278. The molecule has 39 heavy (non-hydrogen) atoms. The SMILES string of the molecule is Cc1cc2c(s1)-n1c(C)nnc1N(Cc1cccnc1)N=C2c1ccccc1.Cc1ccccc1S(=O)(=O)O. The Bertz CT molecular complexity index is 1750. The van der Waals surface area contributed by atoms with E-state index < -0.39 is 10.1 Å². The number of hydrogen-bond donors (Lipinski definition) is 1. The first-order chi connectivity index (χ1) is 18.7. The van der Waals surface area contributed by atoms with E-state index in [0.29, 0.717) is 12.1 Å².